The van der Waals surface area contributed by atoms with Gasteiger partial charge in [-0.2, -0.15) is 0 Å². The molecule has 3 nitrogen and oxygen atoms in total. The third-order valence-corrected chi connectivity index (χ3v) is 3.50. The van der Waals surface area contributed by atoms with Gasteiger partial charge < -0.3 is 5.32 Å². The van der Waals surface area contributed by atoms with Crippen molar-refractivity contribution in [1.29, 1.82) is 0 Å². The van der Waals surface area contributed by atoms with Crippen LogP contribution in [0.5, 0.6) is 0 Å². The minimum absolute atomic E-state index is 0.0729. The normalized spacial score (nSPS) is 25.2. The van der Waals surface area contributed by atoms with Crippen LogP contribution in [0, 0.1) is 13.8 Å². The van der Waals surface area contributed by atoms with Gasteiger partial charge in [-0.15, -0.1) is 0 Å². The summed E-state index contributed by atoms with van der Waals surface area (Å²) in [5.74, 6) is 0.0729. The van der Waals surface area contributed by atoms with Crippen LogP contribution in [0.1, 0.15) is 30.0 Å². The summed E-state index contributed by atoms with van der Waals surface area (Å²) >= 11 is 0. The topological polar surface area (TPSA) is 41.1 Å². The minimum Gasteiger partial charge on any atom is -0.354 e. The van der Waals surface area contributed by atoms with Crippen molar-refractivity contribution in [3.8, 4) is 0 Å². The number of carbonyl (C=O) groups excluding carboxylic acids is 1. The van der Waals surface area contributed by atoms with Gasteiger partial charge in [-0.1, -0.05) is 23.8 Å². The third-order valence-electron chi connectivity index (χ3n) is 3.50. The van der Waals surface area contributed by atoms with Crippen LogP contribution in [0.25, 0.3) is 0 Å². The van der Waals surface area contributed by atoms with E-state index >= 15 is 0 Å². The Morgan fingerprint density at radius 1 is 1.24 bits per heavy atom. The fourth-order valence-electron chi connectivity index (χ4n) is 2.38. The van der Waals surface area contributed by atoms with E-state index in [9.17, 15) is 4.79 Å². The Kier molecular flexibility index (Phi) is 3.20. The van der Waals surface area contributed by atoms with Crippen molar-refractivity contribution >= 4 is 5.91 Å². The Hall–Kier alpha value is -1.35. The standard InChI is InChI=1S/C14H20N2O/c1-10-5-6-11(2)12(9-10)14(3)13(17)15-7-4-8-16-14/h5-6,9,16H,4,7-8H2,1-3H3,(H,15,17). The first-order valence-corrected chi connectivity index (χ1v) is 6.15. The number of aryl methyl sites for hydroxylation is 2. The molecule has 92 valence electrons. The number of amides is 1. The molecule has 1 atom stereocenters. The maximum absolute atomic E-state index is 12.2. The molecule has 2 rings (SSSR count). The van der Waals surface area contributed by atoms with Crippen LogP contribution in [0.4, 0.5) is 0 Å². The number of hydrogen-bond donors (Lipinski definition) is 2. The van der Waals surface area contributed by atoms with E-state index < -0.39 is 5.54 Å². The molecule has 2 N–H and O–H groups in total. The van der Waals surface area contributed by atoms with Crippen LogP contribution in [-0.4, -0.2) is 19.0 Å². The van der Waals surface area contributed by atoms with Gasteiger partial charge in [-0.25, -0.2) is 0 Å². The summed E-state index contributed by atoms with van der Waals surface area (Å²) in [4.78, 5) is 12.2. The molecule has 1 aliphatic rings. The third kappa shape index (κ3) is 2.20. The molecular formula is C14H20N2O. The Morgan fingerprint density at radius 2 is 2.00 bits per heavy atom. The number of nitrogens with one attached hydrogen (secondary N) is 2. The highest BCUT2D eigenvalue weighted by Crippen LogP contribution is 2.26. The molecule has 0 aromatic heterocycles. The molecule has 1 aromatic carbocycles. The molecule has 0 aliphatic carbocycles. The summed E-state index contributed by atoms with van der Waals surface area (Å²) < 4.78 is 0. The van der Waals surface area contributed by atoms with Gasteiger partial charge >= 0.3 is 0 Å². The lowest BCUT2D eigenvalue weighted by Crippen LogP contribution is -2.50. The van der Waals surface area contributed by atoms with Crippen molar-refractivity contribution in [1.82, 2.24) is 10.6 Å². The lowest BCUT2D eigenvalue weighted by atomic mass is 9.86. The first-order chi connectivity index (χ1) is 8.04. The van der Waals surface area contributed by atoms with Crippen molar-refractivity contribution in [2.45, 2.75) is 32.7 Å². The van der Waals surface area contributed by atoms with Crippen molar-refractivity contribution < 1.29 is 4.79 Å². The molecule has 1 saturated heterocycles. The van der Waals surface area contributed by atoms with Gasteiger partial charge in [-0.05, 0) is 44.9 Å². The van der Waals surface area contributed by atoms with Crippen molar-refractivity contribution in [2.75, 3.05) is 13.1 Å². The van der Waals surface area contributed by atoms with E-state index in [4.69, 9.17) is 0 Å². The zero-order valence-electron chi connectivity index (χ0n) is 10.8. The second-order valence-electron chi connectivity index (χ2n) is 4.98. The number of hydrogen-bond acceptors (Lipinski definition) is 2. The molecule has 1 fully saturated rings. The van der Waals surface area contributed by atoms with Gasteiger partial charge in [0.05, 0.1) is 0 Å². The molecule has 0 saturated carbocycles. The highest BCUT2D eigenvalue weighted by Gasteiger charge is 2.36. The zero-order chi connectivity index (χ0) is 12.5. The Labute approximate surface area is 103 Å². The molecule has 1 heterocycles. The summed E-state index contributed by atoms with van der Waals surface area (Å²) in [6, 6.07) is 6.26. The van der Waals surface area contributed by atoms with Crippen LogP contribution in [-0.2, 0) is 10.3 Å². The second kappa shape index (κ2) is 4.49. The predicted octanol–water partition coefficient (Wildman–Crippen LogP) is 1.63. The summed E-state index contributed by atoms with van der Waals surface area (Å²) in [6.45, 7) is 7.70. The van der Waals surface area contributed by atoms with Crippen molar-refractivity contribution in [2.24, 2.45) is 0 Å². The van der Waals surface area contributed by atoms with Gasteiger partial charge in [0.25, 0.3) is 0 Å². The predicted molar refractivity (Wildman–Crippen MR) is 68.9 cm³/mol. The van der Waals surface area contributed by atoms with Crippen LogP contribution in [0.15, 0.2) is 18.2 Å². The molecule has 0 bridgehead atoms. The second-order valence-corrected chi connectivity index (χ2v) is 4.98. The van der Waals surface area contributed by atoms with E-state index in [2.05, 4.69) is 42.7 Å². The zero-order valence-corrected chi connectivity index (χ0v) is 10.8. The van der Waals surface area contributed by atoms with E-state index in [1.807, 2.05) is 6.92 Å². The van der Waals surface area contributed by atoms with Gasteiger partial charge in [0.2, 0.25) is 5.91 Å². The lowest BCUT2D eigenvalue weighted by molar-refractivity contribution is -0.126. The van der Waals surface area contributed by atoms with Crippen molar-refractivity contribution in [3.63, 3.8) is 0 Å². The van der Waals surface area contributed by atoms with Crippen LogP contribution in [0.3, 0.4) is 0 Å². The highest BCUT2D eigenvalue weighted by molar-refractivity contribution is 5.88. The van der Waals surface area contributed by atoms with Crippen molar-refractivity contribution in [3.05, 3.63) is 34.9 Å². The smallest absolute Gasteiger partial charge is 0.244 e. The van der Waals surface area contributed by atoms with Gasteiger partial charge in [-0.3, -0.25) is 10.1 Å². The molecule has 1 unspecified atom stereocenters. The van der Waals surface area contributed by atoms with Crippen LogP contribution >= 0.6 is 0 Å². The molecule has 1 amide bonds. The average Bonchev–Trinajstić information content (AvgIpc) is 2.46. The lowest BCUT2D eigenvalue weighted by Gasteiger charge is -2.29. The molecular weight excluding hydrogens is 212 g/mol. The van der Waals surface area contributed by atoms with Gasteiger partial charge in [0.15, 0.2) is 0 Å². The number of rotatable bonds is 1. The first kappa shape index (κ1) is 12.1. The number of carbonyl (C=O) groups is 1. The fourth-order valence-corrected chi connectivity index (χ4v) is 2.38. The summed E-state index contributed by atoms with van der Waals surface area (Å²) in [5.41, 5.74) is 2.82. The summed E-state index contributed by atoms with van der Waals surface area (Å²) in [5, 5.41) is 6.36. The SMILES string of the molecule is Cc1ccc(C)c(C2(C)NCCCNC2=O)c1. The molecule has 3 heteroatoms. The minimum atomic E-state index is -0.605. The quantitative estimate of drug-likeness (QED) is 0.772. The molecule has 0 radical (unpaired) electrons. The Balaban J connectivity index is 2.47. The molecule has 1 aromatic rings. The highest BCUT2D eigenvalue weighted by atomic mass is 16.2. The van der Waals surface area contributed by atoms with E-state index in [1.54, 1.807) is 0 Å². The Bertz CT molecular complexity index is 442. The number of benzene rings is 1. The molecule has 17 heavy (non-hydrogen) atoms. The maximum Gasteiger partial charge on any atom is 0.244 e. The van der Waals surface area contributed by atoms with E-state index in [0.717, 1.165) is 30.6 Å². The fraction of sp³-hybridized carbons (Fsp3) is 0.500. The van der Waals surface area contributed by atoms with E-state index in [-0.39, 0.29) is 5.91 Å². The maximum atomic E-state index is 12.2. The summed E-state index contributed by atoms with van der Waals surface area (Å²) in [6.07, 6.45) is 0.978. The first-order valence-electron chi connectivity index (χ1n) is 6.15. The van der Waals surface area contributed by atoms with E-state index in [0.29, 0.717) is 0 Å². The largest absolute Gasteiger partial charge is 0.354 e. The van der Waals surface area contributed by atoms with Crippen LogP contribution in [0.2, 0.25) is 0 Å². The summed E-state index contributed by atoms with van der Waals surface area (Å²) in [7, 11) is 0. The molecule has 1 aliphatic heterocycles. The Morgan fingerprint density at radius 3 is 2.76 bits per heavy atom. The monoisotopic (exact) mass is 232 g/mol. The van der Waals surface area contributed by atoms with Gasteiger partial charge in [0.1, 0.15) is 5.54 Å². The van der Waals surface area contributed by atoms with E-state index in [1.165, 1.54) is 5.56 Å². The molecule has 0 spiro atoms. The van der Waals surface area contributed by atoms with Gasteiger partial charge in [0, 0.05) is 6.54 Å². The average molecular weight is 232 g/mol. The van der Waals surface area contributed by atoms with Crippen LogP contribution < -0.4 is 10.6 Å².